The molecule has 0 saturated carbocycles. The minimum atomic E-state index is -0.816. The van der Waals surface area contributed by atoms with Crippen molar-refractivity contribution in [3.05, 3.63) is 58.7 Å². The Morgan fingerprint density at radius 3 is 1.41 bits per heavy atom. The molecule has 9 heteroatoms. The van der Waals surface area contributed by atoms with Gasteiger partial charge in [0.25, 0.3) is 11.8 Å². The molecule has 0 aliphatic carbocycles. The van der Waals surface area contributed by atoms with Crippen molar-refractivity contribution < 1.29 is 28.7 Å². The van der Waals surface area contributed by atoms with E-state index in [9.17, 15) is 19.2 Å². The van der Waals surface area contributed by atoms with Crippen LogP contribution in [0.3, 0.4) is 0 Å². The fourth-order valence-electron chi connectivity index (χ4n) is 5.86. The molecule has 0 spiro atoms. The molecule has 2 heterocycles. The average molecular weight is 564 g/mol. The van der Waals surface area contributed by atoms with E-state index < -0.39 is 10.8 Å². The smallest absolute Gasteiger partial charge is 0.260 e. The van der Waals surface area contributed by atoms with E-state index in [4.69, 9.17) is 9.47 Å². The number of benzene rings is 2. The summed E-state index contributed by atoms with van der Waals surface area (Å²) in [6.07, 6.45) is 1.23. The lowest BCUT2D eigenvalue weighted by Gasteiger charge is -2.38. The molecule has 0 N–H and O–H groups in total. The van der Waals surface area contributed by atoms with Gasteiger partial charge in [-0.05, 0) is 95.6 Å². The zero-order valence-electron chi connectivity index (χ0n) is 25.2. The first-order valence-corrected chi connectivity index (χ1v) is 14.2. The first kappa shape index (κ1) is 30.2. The van der Waals surface area contributed by atoms with Crippen molar-refractivity contribution in [2.24, 2.45) is 0 Å². The van der Waals surface area contributed by atoms with Gasteiger partial charge in [-0.3, -0.25) is 29.0 Å². The monoisotopic (exact) mass is 563 g/mol. The number of carbonyl (C=O) groups is 4. The van der Waals surface area contributed by atoms with Crippen LogP contribution in [0.25, 0.3) is 0 Å². The molecule has 4 rings (SSSR count). The highest BCUT2D eigenvalue weighted by Gasteiger charge is 2.45. The summed E-state index contributed by atoms with van der Waals surface area (Å²) in [6, 6.07) is 10.6. The Labute approximate surface area is 242 Å². The number of nitrogens with zero attached hydrogens (tertiary/aromatic N) is 3. The first-order valence-electron chi connectivity index (χ1n) is 14.2. The summed E-state index contributed by atoms with van der Waals surface area (Å²) in [5.41, 5.74) is 0.795. The highest BCUT2D eigenvalue weighted by atomic mass is 16.5. The number of hydrogen-bond acceptors (Lipinski definition) is 7. The molecule has 220 valence electrons. The Hall–Kier alpha value is -3.72. The molecule has 0 bridgehead atoms. The van der Waals surface area contributed by atoms with Crippen LogP contribution >= 0.6 is 0 Å². The van der Waals surface area contributed by atoms with Crippen LogP contribution in [0, 0.1) is 0 Å². The molecular formula is C32H41N3O6. The van der Waals surface area contributed by atoms with E-state index in [-0.39, 0.29) is 23.6 Å². The predicted molar refractivity (Wildman–Crippen MR) is 155 cm³/mol. The Bertz CT molecular complexity index is 1260. The zero-order chi connectivity index (χ0) is 30.1. The van der Waals surface area contributed by atoms with Gasteiger partial charge in [-0.1, -0.05) is 19.1 Å². The molecule has 2 aromatic carbocycles. The number of carbonyl (C=O) groups excluding carboxylic acids is 4. The van der Waals surface area contributed by atoms with Gasteiger partial charge in [-0.15, -0.1) is 0 Å². The van der Waals surface area contributed by atoms with E-state index in [2.05, 4.69) is 4.90 Å². The van der Waals surface area contributed by atoms with Gasteiger partial charge in [0, 0.05) is 24.2 Å². The Kier molecular flexibility index (Phi) is 8.59. The fraction of sp³-hybridized carbons (Fsp3) is 0.500. The lowest BCUT2D eigenvalue weighted by atomic mass is 9.77. The predicted octanol–water partition coefficient (Wildman–Crippen LogP) is 4.03. The largest absolute Gasteiger partial charge is 0.497 e. The van der Waals surface area contributed by atoms with Gasteiger partial charge in [-0.2, -0.15) is 0 Å². The number of amides is 4. The summed E-state index contributed by atoms with van der Waals surface area (Å²) in [5, 5.41) is 0. The SMILES string of the molecule is CCN(CCCN1C(=O)c2cc(OC)ccc2C(C)(C)C1=O)CCCN1C(=O)c2cc(OC)ccc2C(C)(C)C1=O. The third kappa shape index (κ3) is 5.47. The molecule has 0 fully saturated rings. The van der Waals surface area contributed by atoms with E-state index in [1.54, 1.807) is 50.6 Å². The van der Waals surface area contributed by atoms with Crippen molar-refractivity contribution in [1.29, 1.82) is 0 Å². The third-order valence-corrected chi connectivity index (χ3v) is 8.47. The van der Waals surface area contributed by atoms with Gasteiger partial charge in [0.05, 0.1) is 25.0 Å². The van der Waals surface area contributed by atoms with Crippen molar-refractivity contribution in [2.45, 2.75) is 58.3 Å². The molecule has 0 aromatic heterocycles. The lowest BCUT2D eigenvalue weighted by molar-refractivity contribution is -0.135. The molecule has 2 aliphatic rings. The minimum Gasteiger partial charge on any atom is -0.497 e. The quantitative estimate of drug-likeness (QED) is 0.381. The zero-order valence-corrected chi connectivity index (χ0v) is 25.2. The molecule has 9 nitrogen and oxygen atoms in total. The standard InChI is InChI=1S/C32H41N3O6/c1-8-33(15-9-17-34-27(36)23-19-21(40-6)11-13-25(23)31(2,3)29(34)38)16-10-18-35-28(37)24-20-22(41-7)12-14-26(24)32(4,5)30(35)39/h11-14,19-20H,8-10,15-18H2,1-7H3. The van der Waals surface area contributed by atoms with Gasteiger partial charge >= 0.3 is 0 Å². The summed E-state index contributed by atoms with van der Waals surface area (Å²) in [4.78, 5) is 58.1. The van der Waals surface area contributed by atoms with Crippen molar-refractivity contribution in [3.63, 3.8) is 0 Å². The minimum absolute atomic E-state index is 0.204. The molecule has 0 unspecified atom stereocenters. The molecule has 2 aromatic rings. The number of methoxy groups -OCH3 is 2. The molecule has 2 aliphatic heterocycles. The topological polar surface area (TPSA) is 96.5 Å². The number of rotatable bonds is 11. The van der Waals surface area contributed by atoms with Gasteiger partial charge in [0.15, 0.2) is 0 Å². The highest BCUT2D eigenvalue weighted by Crippen LogP contribution is 2.37. The highest BCUT2D eigenvalue weighted by molar-refractivity contribution is 6.13. The summed E-state index contributed by atoms with van der Waals surface area (Å²) >= 11 is 0. The van der Waals surface area contributed by atoms with E-state index in [1.807, 2.05) is 34.6 Å². The van der Waals surface area contributed by atoms with Crippen LogP contribution < -0.4 is 9.47 Å². The second-order valence-electron chi connectivity index (χ2n) is 11.7. The Balaban J connectivity index is 1.36. The van der Waals surface area contributed by atoms with Crippen LogP contribution in [0.15, 0.2) is 36.4 Å². The van der Waals surface area contributed by atoms with E-state index in [1.165, 1.54) is 9.80 Å². The van der Waals surface area contributed by atoms with E-state index >= 15 is 0 Å². The van der Waals surface area contributed by atoms with E-state index in [0.29, 0.717) is 72.8 Å². The summed E-state index contributed by atoms with van der Waals surface area (Å²) < 4.78 is 10.6. The third-order valence-electron chi connectivity index (χ3n) is 8.47. The number of hydrogen-bond donors (Lipinski definition) is 0. The second kappa shape index (κ2) is 11.6. The maximum absolute atomic E-state index is 13.3. The molecule has 0 radical (unpaired) electrons. The van der Waals surface area contributed by atoms with Crippen molar-refractivity contribution in [3.8, 4) is 11.5 Å². The van der Waals surface area contributed by atoms with Gasteiger partial charge in [0.1, 0.15) is 11.5 Å². The van der Waals surface area contributed by atoms with Gasteiger partial charge in [0.2, 0.25) is 11.8 Å². The molecular weight excluding hydrogens is 522 g/mol. The van der Waals surface area contributed by atoms with Crippen LogP contribution in [-0.4, -0.2) is 85.3 Å². The lowest BCUT2D eigenvalue weighted by Crippen LogP contribution is -2.52. The normalized spacial score (nSPS) is 17.6. The Morgan fingerprint density at radius 1 is 0.683 bits per heavy atom. The van der Waals surface area contributed by atoms with Crippen LogP contribution in [0.1, 0.15) is 79.3 Å². The van der Waals surface area contributed by atoms with Crippen molar-refractivity contribution in [1.82, 2.24) is 14.7 Å². The fourth-order valence-corrected chi connectivity index (χ4v) is 5.86. The second-order valence-corrected chi connectivity index (χ2v) is 11.7. The molecule has 4 amide bonds. The van der Waals surface area contributed by atoms with Crippen molar-refractivity contribution >= 4 is 23.6 Å². The summed E-state index contributed by atoms with van der Waals surface area (Å²) in [5.74, 6) is 0.155. The maximum Gasteiger partial charge on any atom is 0.260 e. The molecule has 0 saturated heterocycles. The van der Waals surface area contributed by atoms with Crippen LogP contribution in [0.2, 0.25) is 0 Å². The van der Waals surface area contributed by atoms with Gasteiger partial charge in [-0.25, -0.2) is 0 Å². The number of imide groups is 2. The number of fused-ring (bicyclic) bond motifs is 2. The van der Waals surface area contributed by atoms with Crippen LogP contribution in [-0.2, 0) is 20.4 Å². The van der Waals surface area contributed by atoms with Gasteiger partial charge < -0.3 is 14.4 Å². The first-order chi connectivity index (χ1) is 19.4. The molecule has 41 heavy (non-hydrogen) atoms. The summed E-state index contributed by atoms with van der Waals surface area (Å²) in [7, 11) is 3.10. The number of ether oxygens (including phenoxy) is 2. The van der Waals surface area contributed by atoms with Crippen LogP contribution in [0.5, 0.6) is 11.5 Å². The van der Waals surface area contributed by atoms with Crippen molar-refractivity contribution in [2.75, 3.05) is 46.9 Å². The summed E-state index contributed by atoms with van der Waals surface area (Å²) in [6.45, 7) is 12.2. The Morgan fingerprint density at radius 2 is 1.07 bits per heavy atom. The van der Waals surface area contributed by atoms with E-state index in [0.717, 1.165) is 6.54 Å². The average Bonchev–Trinajstić information content (AvgIpc) is 2.97. The molecule has 0 atom stereocenters. The van der Waals surface area contributed by atoms with Crippen LogP contribution in [0.4, 0.5) is 0 Å². The maximum atomic E-state index is 13.3.